The van der Waals surface area contributed by atoms with Gasteiger partial charge in [0.25, 0.3) is 0 Å². The van der Waals surface area contributed by atoms with Gasteiger partial charge in [-0.15, -0.1) is 0 Å². The maximum atomic E-state index is 13.0. The minimum atomic E-state index is -4.42. The van der Waals surface area contributed by atoms with Gasteiger partial charge in [-0.2, -0.15) is 13.2 Å². The Morgan fingerprint density at radius 2 is 2.00 bits per heavy atom. The third-order valence-electron chi connectivity index (χ3n) is 5.32. The lowest BCUT2D eigenvalue weighted by atomic mass is 9.99. The molecule has 0 spiro atoms. The van der Waals surface area contributed by atoms with Crippen LogP contribution in [0.2, 0.25) is 0 Å². The van der Waals surface area contributed by atoms with Gasteiger partial charge in [0.1, 0.15) is 5.75 Å². The lowest BCUT2D eigenvalue weighted by molar-refractivity contribution is -0.137. The lowest BCUT2D eigenvalue weighted by Crippen LogP contribution is -2.28. The molecular weight excluding hydrogens is 421 g/mol. The van der Waals surface area contributed by atoms with Crippen LogP contribution in [0.1, 0.15) is 61.8 Å². The third-order valence-corrected chi connectivity index (χ3v) is 5.32. The quantitative estimate of drug-likeness (QED) is 0.505. The number of halogens is 3. The third kappa shape index (κ3) is 6.48. The fourth-order valence-corrected chi connectivity index (χ4v) is 3.68. The van der Waals surface area contributed by atoms with Gasteiger partial charge in [0.15, 0.2) is 0 Å². The highest BCUT2D eigenvalue weighted by atomic mass is 19.4. The second kappa shape index (κ2) is 10.5. The van der Waals surface area contributed by atoms with Crippen LogP contribution in [0.25, 0.3) is 0 Å². The lowest BCUT2D eigenvalue weighted by Gasteiger charge is -2.20. The number of hydrogen-bond acceptors (Lipinski definition) is 3. The molecule has 8 heteroatoms. The van der Waals surface area contributed by atoms with Gasteiger partial charge in [-0.05, 0) is 60.7 Å². The highest BCUT2D eigenvalue weighted by Gasteiger charge is 2.31. The zero-order valence-electron chi connectivity index (χ0n) is 17.9. The number of carbonyl (C=O) groups excluding carboxylic acids is 2. The Hall–Kier alpha value is -3.03. The summed E-state index contributed by atoms with van der Waals surface area (Å²) in [5.41, 5.74) is 1.55. The average molecular weight is 448 g/mol. The molecule has 0 saturated heterocycles. The Morgan fingerprint density at radius 1 is 1.19 bits per heavy atom. The molecule has 0 bridgehead atoms. The number of benzene rings is 2. The molecule has 5 nitrogen and oxygen atoms in total. The number of amides is 2. The van der Waals surface area contributed by atoms with Crippen molar-refractivity contribution in [1.82, 2.24) is 5.32 Å². The van der Waals surface area contributed by atoms with Crippen LogP contribution >= 0.6 is 0 Å². The zero-order valence-corrected chi connectivity index (χ0v) is 17.9. The highest BCUT2D eigenvalue weighted by molar-refractivity contribution is 5.94. The molecule has 1 atom stereocenters. The van der Waals surface area contributed by atoms with Crippen LogP contribution in [0, 0.1) is 0 Å². The Morgan fingerprint density at radius 3 is 2.75 bits per heavy atom. The molecule has 2 aromatic rings. The fourth-order valence-electron chi connectivity index (χ4n) is 3.68. The van der Waals surface area contributed by atoms with Crippen molar-refractivity contribution in [1.29, 1.82) is 0 Å². The van der Waals surface area contributed by atoms with E-state index in [1.54, 1.807) is 18.2 Å². The predicted molar refractivity (Wildman–Crippen MR) is 115 cm³/mol. The number of ether oxygens (including phenoxy) is 1. The summed E-state index contributed by atoms with van der Waals surface area (Å²) in [6.45, 7) is 2.26. The van der Waals surface area contributed by atoms with Crippen molar-refractivity contribution in [3.05, 3.63) is 59.2 Å². The van der Waals surface area contributed by atoms with Gasteiger partial charge in [0.05, 0.1) is 18.2 Å². The highest BCUT2D eigenvalue weighted by Crippen LogP contribution is 2.31. The zero-order chi connectivity index (χ0) is 23.1. The van der Waals surface area contributed by atoms with Gasteiger partial charge < -0.3 is 15.4 Å². The van der Waals surface area contributed by atoms with Crippen LogP contribution in [0.3, 0.4) is 0 Å². The van der Waals surface area contributed by atoms with E-state index >= 15 is 0 Å². The maximum Gasteiger partial charge on any atom is 0.416 e. The van der Waals surface area contributed by atoms with Crippen LogP contribution in [0.4, 0.5) is 18.9 Å². The van der Waals surface area contributed by atoms with E-state index in [4.69, 9.17) is 4.74 Å². The first-order chi connectivity index (χ1) is 15.3. The molecule has 1 heterocycles. The molecule has 1 aliphatic heterocycles. The van der Waals surface area contributed by atoms with Crippen molar-refractivity contribution in [3.63, 3.8) is 0 Å². The van der Waals surface area contributed by atoms with Gasteiger partial charge in [0, 0.05) is 18.5 Å². The van der Waals surface area contributed by atoms with Crippen molar-refractivity contribution < 1.29 is 27.5 Å². The van der Waals surface area contributed by atoms with E-state index in [1.807, 2.05) is 13.0 Å². The van der Waals surface area contributed by atoms with Crippen LogP contribution in [-0.2, 0) is 22.2 Å². The molecule has 2 amide bonds. The normalized spacial score (nSPS) is 14.3. The molecule has 0 radical (unpaired) electrons. The van der Waals surface area contributed by atoms with E-state index in [9.17, 15) is 22.8 Å². The van der Waals surface area contributed by atoms with Gasteiger partial charge in [-0.1, -0.05) is 25.5 Å². The van der Waals surface area contributed by atoms with E-state index in [1.165, 1.54) is 6.07 Å². The Labute approximate surface area is 185 Å². The fraction of sp³-hybridized carbons (Fsp3) is 0.417. The van der Waals surface area contributed by atoms with Crippen molar-refractivity contribution in [3.8, 4) is 5.75 Å². The molecule has 2 aromatic carbocycles. The Balaban J connectivity index is 1.49. The number of rotatable bonds is 9. The van der Waals surface area contributed by atoms with E-state index in [-0.39, 0.29) is 18.2 Å². The molecular formula is C24H27F3N2O3. The molecule has 0 aliphatic carbocycles. The minimum absolute atomic E-state index is 0.00342. The summed E-state index contributed by atoms with van der Waals surface area (Å²) in [7, 11) is 0. The SMILES string of the molecule is CCCC(NC(=O)CCCOc1ccc2c(c1)CCC(=O)N2)c1cccc(C(F)(F)F)c1. The van der Waals surface area contributed by atoms with Crippen molar-refractivity contribution in [2.75, 3.05) is 11.9 Å². The monoisotopic (exact) mass is 448 g/mol. The first-order valence-electron chi connectivity index (χ1n) is 10.8. The van der Waals surface area contributed by atoms with E-state index in [2.05, 4.69) is 10.6 Å². The van der Waals surface area contributed by atoms with Gasteiger partial charge in [0.2, 0.25) is 11.8 Å². The van der Waals surface area contributed by atoms with Gasteiger partial charge >= 0.3 is 6.18 Å². The standard InChI is InChI=1S/C24H27F3N2O3/c1-2-5-20(16-6-3-7-18(14-16)24(25,26)27)28-22(30)8-4-13-32-19-10-11-21-17(15-19)9-12-23(31)29-21/h3,6-7,10-11,14-15,20H,2,4-5,8-9,12-13H2,1H3,(H,28,30)(H,29,31). The molecule has 2 N–H and O–H groups in total. The molecule has 0 aromatic heterocycles. The molecule has 172 valence electrons. The number of hydrogen-bond donors (Lipinski definition) is 2. The first-order valence-corrected chi connectivity index (χ1v) is 10.8. The van der Waals surface area contributed by atoms with Gasteiger partial charge in [-0.3, -0.25) is 9.59 Å². The number of anilines is 1. The summed E-state index contributed by atoms with van der Waals surface area (Å²) in [6.07, 6.45) is -1.35. The summed E-state index contributed by atoms with van der Waals surface area (Å²) < 4.78 is 44.8. The first kappa shape index (κ1) is 23.6. The minimum Gasteiger partial charge on any atom is -0.494 e. The molecule has 1 unspecified atom stereocenters. The summed E-state index contributed by atoms with van der Waals surface area (Å²) in [6, 6.07) is 10.1. The van der Waals surface area contributed by atoms with Crippen molar-refractivity contribution >= 4 is 17.5 Å². The molecule has 0 saturated carbocycles. The Kier molecular flexibility index (Phi) is 7.77. The molecule has 32 heavy (non-hydrogen) atoms. The van der Waals surface area contributed by atoms with E-state index in [0.29, 0.717) is 43.6 Å². The second-order valence-corrected chi connectivity index (χ2v) is 7.85. The maximum absolute atomic E-state index is 13.0. The van der Waals surface area contributed by atoms with Crippen LogP contribution in [0.15, 0.2) is 42.5 Å². The van der Waals surface area contributed by atoms with Crippen LogP contribution in [-0.4, -0.2) is 18.4 Å². The average Bonchev–Trinajstić information content (AvgIpc) is 2.76. The molecule has 0 fully saturated rings. The summed E-state index contributed by atoms with van der Waals surface area (Å²) in [5, 5.41) is 5.67. The number of fused-ring (bicyclic) bond motifs is 1. The van der Waals surface area contributed by atoms with Gasteiger partial charge in [-0.25, -0.2) is 0 Å². The topological polar surface area (TPSA) is 67.4 Å². The predicted octanol–water partition coefficient (Wildman–Crippen LogP) is 5.41. The second-order valence-electron chi connectivity index (χ2n) is 7.85. The number of carbonyl (C=O) groups is 2. The number of alkyl halides is 3. The van der Waals surface area contributed by atoms with Crippen molar-refractivity contribution in [2.24, 2.45) is 0 Å². The summed E-state index contributed by atoms with van der Waals surface area (Å²) in [5.74, 6) is 0.453. The molecule has 3 rings (SSSR count). The molecule has 1 aliphatic rings. The number of nitrogens with one attached hydrogen (secondary N) is 2. The Bertz CT molecular complexity index is 960. The van der Waals surface area contributed by atoms with Crippen LogP contribution < -0.4 is 15.4 Å². The van der Waals surface area contributed by atoms with E-state index < -0.39 is 17.8 Å². The summed E-state index contributed by atoms with van der Waals surface area (Å²) in [4.78, 5) is 23.8. The van der Waals surface area contributed by atoms with Crippen molar-refractivity contribution in [2.45, 2.75) is 57.7 Å². The smallest absolute Gasteiger partial charge is 0.416 e. The number of aryl methyl sites for hydroxylation is 1. The largest absolute Gasteiger partial charge is 0.494 e. The van der Waals surface area contributed by atoms with E-state index in [0.717, 1.165) is 29.8 Å². The summed E-state index contributed by atoms with van der Waals surface area (Å²) >= 11 is 0. The van der Waals surface area contributed by atoms with Crippen LogP contribution in [0.5, 0.6) is 5.75 Å².